The van der Waals surface area contributed by atoms with Crippen LogP contribution in [-0.2, 0) is 0 Å². The Bertz CT molecular complexity index is 344. The SMILES string of the molecule is CNCC(O)c1cc(Br)c(OC)cc1O. The van der Waals surface area contributed by atoms with Crippen LogP contribution in [0, 0.1) is 0 Å². The fourth-order valence-corrected chi connectivity index (χ4v) is 1.81. The third-order valence-corrected chi connectivity index (χ3v) is 2.68. The minimum absolute atomic E-state index is 0.0257. The predicted molar refractivity (Wildman–Crippen MR) is 61.2 cm³/mol. The molecule has 0 aliphatic carbocycles. The molecule has 0 heterocycles. The molecule has 0 aliphatic rings. The van der Waals surface area contributed by atoms with Gasteiger partial charge in [-0.3, -0.25) is 0 Å². The average Bonchev–Trinajstić information content (AvgIpc) is 2.21. The molecule has 0 saturated carbocycles. The van der Waals surface area contributed by atoms with Crippen molar-refractivity contribution < 1.29 is 14.9 Å². The number of ether oxygens (including phenoxy) is 1. The lowest BCUT2D eigenvalue weighted by atomic mass is 10.1. The topological polar surface area (TPSA) is 61.7 Å². The molecule has 4 nitrogen and oxygen atoms in total. The molecular weight excluding hydrogens is 262 g/mol. The van der Waals surface area contributed by atoms with E-state index in [0.29, 0.717) is 22.3 Å². The summed E-state index contributed by atoms with van der Waals surface area (Å²) >= 11 is 3.29. The van der Waals surface area contributed by atoms with E-state index in [4.69, 9.17) is 4.74 Å². The highest BCUT2D eigenvalue weighted by molar-refractivity contribution is 9.10. The van der Waals surface area contributed by atoms with Gasteiger partial charge in [0.2, 0.25) is 0 Å². The second-order valence-corrected chi connectivity index (χ2v) is 3.97. The molecule has 3 N–H and O–H groups in total. The number of nitrogens with one attached hydrogen (secondary N) is 1. The minimum Gasteiger partial charge on any atom is -0.507 e. The molecule has 84 valence electrons. The van der Waals surface area contributed by atoms with Gasteiger partial charge in [0.1, 0.15) is 11.5 Å². The van der Waals surface area contributed by atoms with Crippen molar-refractivity contribution in [3.8, 4) is 11.5 Å². The molecule has 0 saturated heterocycles. The van der Waals surface area contributed by atoms with E-state index in [1.165, 1.54) is 13.2 Å². The maximum absolute atomic E-state index is 9.71. The summed E-state index contributed by atoms with van der Waals surface area (Å²) in [5.41, 5.74) is 0.469. The Balaban J connectivity index is 3.04. The van der Waals surface area contributed by atoms with Gasteiger partial charge in [0.05, 0.1) is 17.7 Å². The molecule has 1 unspecified atom stereocenters. The smallest absolute Gasteiger partial charge is 0.136 e. The van der Waals surface area contributed by atoms with Gasteiger partial charge in [0.25, 0.3) is 0 Å². The third kappa shape index (κ3) is 2.84. The highest BCUT2D eigenvalue weighted by atomic mass is 79.9. The Morgan fingerprint density at radius 3 is 2.73 bits per heavy atom. The molecule has 1 aromatic carbocycles. The molecule has 0 fully saturated rings. The molecule has 1 rings (SSSR count). The van der Waals surface area contributed by atoms with E-state index in [2.05, 4.69) is 21.2 Å². The zero-order valence-corrected chi connectivity index (χ0v) is 10.2. The fraction of sp³-hybridized carbons (Fsp3) is 0.400. The van der Waals surface area contributed by atoms with Gasteiger partial charge in [0, 0.05) is 18.2 Å². The van der Waals surface area contributed by atoms with Crippen LogP contribution in [0.25, 0.3) is 0 Å². The number of phenolic OH excluding ortho intramolecular Hbond substituents is 1. The van der Waals surface area contributed by atoms with Crippen LogP contribution in [0.15, 0.2) is 16.6 Å². The molecule has 0 spiro atoms. The number of aromatic hydroxyl groups is 1. The molecule has 0 amide bonds. The molecule has 0 radical (unpaired) electrons. The lowest BCUT2D eigenvalue weighted by molar-refractivity contribution is 0.173. The summed E-state index contributed by atoms with van der Waals surface area (Å²) in [5, 5.41) is 22.2. The number of likely N-dealkylation sites (N-methyl/N-ethyl adjacent to an activating group) is 1. The summed E-state index contributed by atoms with van der Waals surface area (Å²) in [6.07, 6.45) is -0.739. The number of aliphatic hydroxyl groups is 1. The van der Waals surface area contributed by atoms with Crippen molar-refractivity contribution in [2.24, 2.45) is 0 Å². The second-order valence-electron chi connectivity index (χ2n) is 3.12. The average molecular weight is 276 g/mol. The Morgan fingerprint density at radius 2 is 2.20 bits per heavy atom. The van der Waals surface area contributed by atoms with Crippen molar-refractivity contribution >= 4 is 15.9 Å². The summed E-state index contributed by atoms with van der Waals surface area (Å²) in [5.74, 6) is 0.561. The normalized spacial score (nSPS) is 12.5. The second kappa shape index (κ2) is 5.34. The van der Waals surface area contributed by atoms with Crippen LogP contribution >= 0.6 is 15.9 Å². The number of hydrogen-bond donors (Lipinski definition) is 3. The minimum atomic E-state index is -0.739. The zero-order valence-electron chi connectivity index (χ0n) is 8.62. The van der Waals surface area contributed by atoms with E-state index in [1.807, 2.05) is 0 Å². The first-order valence-corrected chi connectivity index (χ1v) is 5.28. The molecule has 0 aliphatic heterocycles. The van der Waals surface area contributed by atoms with Gasteiger partial charge < -0.3 is 20.3 Å². The van der Waals surface area contributed by atoms with Crippen molar-refractivity contribution in [3.63, 3.8) is 0 Å². The highest BCUT2D eigenvalue weighted by Gasteiger charge is 2.14. The monoisotopic (exact) mass is 275 g/mol. The number of methoxy groups -OCH3 is 1. The first-order valence-electron chi connectivity index (χ1n) is 4.49. The Labute approximate surface area is 97.0 Å². The standard InChI is InChI=1S/C10H14BrNO3/c1-12-5-9(14)6-3-7(11)10(15-2)4-8(6)13/h3-4,9,12-14H,5H2,1-2H3. The first-order chi connectivity index (χ1) is 7.10. The van der Waals surface area contributed by atoms with Crippen LogP contribution < -0.4 is 10.1 Å². The van der Waals surface area contributed by atoms with E-state index >= 15 is 0 Å². The number of halogens is 1. The van der Waals surface area contributed by atoms with Crippen molar-refractivity contribution in [1.82, 2.24) is 5.32 Å². The Morgan fingerprint density at radius 1 is 1.53 bits per heavy atom. The molecule has 1 aromatic rings. The number of aliphatic hydroxyl groups excluding tert-OH is 1. The first kappa shape index (κ1) is 12.3. The summed E-state index contributed by atoms with van der Waals surface area (Å²) in [6, 6.07) is 3.12. The lowest BCUT2D eigenvalue weighted by Gasteiger charge is -2.14. The Hall–Kier alpha value is -0.780. The van der Waals surface area contributed by atoms with Crippen molar-refractivity contribution in [2.45, 2.75) is 6.10 Å². The van der Waals surface area contributed by atoms with Gasteiger partial charge >= 0.3 is 0 Å². The van der Waals surface area contributed by atoms with Gasteiger partial charge in [-0.1, -0.05) is 0 Å². The van der Waals surface area contributed by atoms with E-state index in [0.717, 1.165) is 0 Å². The van der Waals surface area contributed by atoms with E-state index < -0.39 is 6.10 Å². The summed E-state index contributed by atoms with van der Waals surface area (Å²) in [4.78, 5) is 0. The number of rotatable bonds is 4. The third-order valence-electron chi connectivity index (χ3n) is 2.06. The molecule has 1 atom stereocenters. The Kier molecular flexibility index (Phi) is 4.38. The van der Waals surface area contributed by atoms with Gasteiger partial charge in [-0.05, 0) is 29.0 Å². The number of hydrogen-bond acceptors (Lipinski definition) is 4. The van der Waals surface area contributed by atoms with Crippen LogP contribution in [0.4, 0.5) is 0 Å². The summed E-state index contributed by atoms with van der Waals surface area (Å²) in [6.45, 7) is 0.381. The maximum Gasteiger partial charge on any atom is 0.136 e. The van der Waals surface area contributed by atoms with E-state index in [-0.39, 0.29) is 5.75 Å². The highest BCUT2D eigenvalue weighted by Crippen LogP contribution is 2.34. The van der Waals surface area contributed by atoms with Gasteiger partial charge in [-0.25, -0.2) is 0 Å². The maximum atomic E-state index is 9.71. The fourth-order valence-electron chi connectivity index (χ4n) is 1.28. The zero-order chi connectivity index (χ0) is 11.4. The molecule has 5 heteroatoms. The molecule has 15 heavy (non-hydrogen) atoms. The lowest BCUT2D eigenvalue weighted by Crippen LogP contribution is -2.16. The molecule has 0 bridgehead atoms. The van der Waals surface area contributed by atoms with Crippen LogP contribution in [0.5, 0.6) is 11.5 Å². The largest absolute Gasteiger partial charge is 0.507 e. The number of phenols is 1. The number of benzene rings is 1. The quantitative estimate of drug-likeness (QED) is 0.778. The van der Waals surface area contributed by atoms with E-state index in [1.54, 1.807) is 13.1 Å². The van der Waals surface area contributed by atoms with Crippen molar-refractivity contribution in [2.75, 3.05) is 20.7 Å². The van der Waals surface area contributed by atoms with E-state index in [9.17, 15) is 10.2 Å². The molecular formula is C10H14BrNO3. The summed E-state index contributed by atoms with van der Waals surface area (Å²) < 4.78 is 5.72. The van der Waals surface area contributed by atoms with Crippen molar-refractivity contribution in [1.29, 1.82) is 0 Å². The van der Waals surface area contributed by atoms with Crippen LogP contribution in [0.3, 0.4) is 0 Å². The van der Waals surface area contributed by atoms with Gasteiger partial charge in [0.15, 0.2) is 0 Å². The molecule has 0 aromatic heterocycles. The van der Waals surface area contributed by atoms with Gasteiger partial charge in [-0.15, -0.1) is 0 Å². The van der Waals surface area contributed by atoms with Crippen LogP contribution in [0.1, 0.15) is 11.7 Å². The predicted octanol–water partition coefficient (Wildman–Crippen LogP) is 1.42. The van der Waals surface area contributed by atoms with Gasteiger partial charge in [-0.2, -0.15) is 0 Å². The summed E-state index contributed by atoms with van der Waals surface area (Å²) in [7, 11) is 3.25. The van der Waals surface area contributed by atoms with Crippen molar-refractivity contribution in [3.05, 3.63) is 22.2 Å². The van der Waals surface area contributed by atoms with Crippen LogP contribution in [0.2, 0.25) is 0 Å². The van der Waals surface area contributed by atoms with Crippen LogP contribution in [-0.4, -0.2) is 30.9 Å².